The summed E-state index contributed by atoms with van der Waals surface area (Å²) < 4.78 is 19.3. The lowest BCUT2D eigenvalue weighted by molar-refractivity contribution is -0.134. The summed E-state index contributed by atoms with van der Waals surface area (Å²) in [6.07, 6.45) is 0. The third-order valence-corrected chi connectivity index (χ3v) is 4.68. The van der Waals surface area contributed by atoms with Crippen molar-refractivity contribution in [1.29, 1.82) is 0 Å². The second-order valence-electron chi connectivity index (χ2n) is 5.65. The molecule has 3 aromatic rings. The Morgan fingerprint density at radius 1 is 1.23 bits per heavy atom. The maximum Gasteiger partial charge on any atom is 0.338 e. The molecular weight excluding hydrogens is 355 g/mol. The molecule has 26 heavy (non-hydrogen) atoms. The van der Waals surface area contributed by atoms with Crippen molar-refractivity contribution in [1.82, 2.24) is 9.88 Å². The molecule has 134 valence electrons. The lowest BCUT2D eigenvalue weighted by Crippen LogP contribution is -2.34. The van der Waals surface area contributed by atoms with E-state index in [0.29, 0.717) is 17.7 Å². The van der Waals surface area contributed by atoms with Crippen LogP contribution in [0.4, 0.5) is 4.39 Å². The predicted molar refractivity (Wildman–Crippen MR) is 97.4 cm³/mol. The van der Waals surface area contributed by atoms with Gasteiger partial charge in [0.15, 0.2) is 6.61 Å². The Kier molecular flexibility index (Phi) is 5.58. The maximum atomic E-state index is 13.3. The molecule has 0 aliphatic rings. The van der Waals surface area contributed by atoms with Gasteiger partial charge in [-0.25, -0.2) is 14.2 Å². The topological polar surface area (TPSA) is 59.5 Å². The fourth-order valence-corrected chi connectivity index (χ4v) is 3.23. The average molecular weight is 372 g/mol. The second kappa shape index (κ2) is 8.05. The third kappa shape index (κ3) is 4.23. The molecule has 2 aromatic carbocycles. The molecule has 1 amide bonds. The van der Waals surface area contributed by atoms with Crippen LogP contribution >= 0.6 is 11.3 Å². The predicted octanol–water partition coefficient (Wildman–Crippen LogP) is 3.64. The van der Waals surface area contributed by atoms with Crippen molar-refractivity contribution in [2.45, 2.75) is 13.5 Å². The van der Waals surface area contributed by atoms with E-state index in [0.717, 1.165) is 10.2 Å². The summed E-state index contributed by atoms with van der Waals surface area (Å²) >= 11 is 1.43. The molecule has 5 nitrogen and oxygen atoms in total. The number of thiazole rings is 1. The van der Waals surface area contributed by atoms with Crippen molar-refractivity contribution in [2.75, 3.05) is 13.2 Å². The van der Waals surface area contributed by atoms with E-state index in [1.165, 1.54) is 28.4 Å². The first-order chi connectivity index (χ1) is 12.6. The SMILES string of the molecule is CCN(Cc1cccc(F)c1)C(=O)COC(=O)c1ccc2ncsc2c1. The summed E-state index contributed by atoms with van der Waals surface area (Å²) in [5, 5.41) is 0. The zero-order valence-corrected chi connectivity index (χ0v) is 15.0. The quantitative estimate of drug-likeness (QED) is 0.620. The first-order valence-electron chi connectivity index (χ1n) is 8.09. The van der Waals surface area contributed by atoms with E-state index in [2.05, 4.69) is 4.98 Å². The van der Waals surface area contributed by atoms with Gasteiger partial charge >= 0.3 is 5.97 Å². The molecule has 1 aromatic heterocycles. The summed E-state index contributed by atoms with van der Waals surface area (Å²) in [4.78, 5) is 30.1. The number of nitrogens with zero attached hydrogens (tertiary/aromatic N) is 2. The van der Waals surface area contributed by atoms with Gasteiger partial charge in [-0.1, -0.05) is 12.1 Å². The molecule has 0 fully saturated rings. The molecular formula is C19H17FN2O3S. The number of amides is 1. The highest BCUT2D eigenvalue weighted by atomic mass is 32.1. The Morgan fingerprint density at radius 2 is 2.08 bits per heavy atom. The second-order valence-corrected chi connectivity index (χ2v) is 6.54. The minimum atomic E-state index is -0.560. The zero-order chi connectivity index (χ0) is 18.5. The number of carbonyl (C=O) groups is 2. The smallest absolute Gasteiger partial charge is 0.338 e. The van der Waals surface area contributed by atoms with Crippen LogP contribution in [0.1, 0.15) is 22.8 Å². The zero-order valence-electron chi connectivity index (χ0n) is 14.1. The Morgan fingerprint density at radius 3 is 2.85 bits per heavy atom. The third-order valence-electron chi connectivity index (χ3n) is 3.89. The normalized spacial score (nSPS) is 10.7. The lowest BCUT2D eigenvalue weighted by atomic mass is 10.2. The van der Waals surface area contributed by atoms with Crippen molar-refractivity contribution < 1.29 is 18.7 Å². The van der Waals surface area contributed by atoms with Crippen molar-refractivity contribution in [3.8, 4) is 0 Å². The maximum absolute atomic E-state index is 13.3. The van der Waals surface area contributed by atoms with Crippen LogP contribution in [0.15, 0.2) is 48.0 Å². The van der Waals surface area contributed by atoms with Crippen molar-refractivity contribution in [3.05, 3.63) is 64.9 Å². The molecule has 0 atom stereocenters. The number of likely N-dealkylation sites (N-methyl/N-ethyl adjacent to an activating group) is 1. The molecule has 0 N–H and O–H groups in total. The average Bonchev–Trinajstić information content (AvgIpc) is 3.11. The van der Waals surface area contributed by atoms with E-state index in [-0.39, 0.29) is 24.9 Å². The highest BCUT2D eigenvalue weighted by Crippen LogP contribution is 2.19. The standard InChI is InChI=1S/C19H17FN2O3S/c1-2-22(10-13-4-3-5-15(20)8-13)18(23)11-25-19(24)14-6-7-16-17(9-14)26-12-21-16/h3-9,12H,2,10-11H2,1H3. The first-order valence-corrected chi connectivity index (χ1v) is 8.97. The molecule has 0 spiro atoms. The van der Waals surface area contributed by atoms with E-state index >= 15 is 0 Å². The summed E-state index contributed by atoms with van der Waals surface area (Å²) in [6.45, 7) is 2.15. The number of aromatic nitrogens is 1. The lowest BCUT2D eigenvalue weighted by Gasteiger charge is -2.21. The molecule has 0 aliphatic carbocycles. The van der Waals surface area contributed by atoms with Crippen LogP contribution in [0.2, 0.25) is 0 Å². The van der Waals surface area contributed by atoms with Gasteiger partial charge < -0.3 is 9.64 Å². The number of benzene rings is 2. The van der Waals surface area contributed by atoms with Gasteiger partial charge in [0.2, 0.25) is 0 Å². The molecule has 0 unspecified atom stereocenters. The minimum absolute atomic E-state index is 0.261. The van der Waals surface area contributed by atoms with Gasteiger partial charge in [-0.3, -0.25) is 4.79 Å². The van der Waals surface area contributed by atoms with Gasteiger partial charge in [-0.2, -0.15) is 0 Å². The Balaban J connectivity index is 1.59. The van der Waals surface area contributed by atoms with Crippen molar-refractivity contribution >= 4 is 33.4 Å². The van der Waals surface area contributed by atoms with Gasteiger partial charge in [0, 0.05) is 13.1 Å². The molecule has 0 aliphatic heterocycles. The molecule has 0 saturated heterocycles. The summed E-state index contributed by atoms with van der Waals surface area (Å²) in [6, 6.07) is 11.1. The van der Waals surface area contributed by atoms with Gasteiger partial charge in [0.05, 0.1) is 21.3 Å². The van der Waals surface area contributed by atoms with Crippen LogP contribution < -0.4 is 0 Å². The van der Waals surface area contributed by atoms with Crippen molar-refractivity contribution in [2.24, 2.45) is 0 Å². The largest absolute Gasteiger partial charge is 0.452 e. The van der Waals surface area contributed by atoms with E-state index in [4.69, 9.17) is 4.74 Å². The molecule has 7 heteroatoms. The number of hydrogen-bond acceptors (Lipinski definition) is 5. The van der Waals surface area contributed by atoms with Gasteiger partial charge in [0.25, 0.3) is 5.91 Å². The number of esters is 1. The highest BCUT2D eigenvalue weighted by molar-refractivity contribution is 7.16. The molecule has 1 heterocycles. The first kappa shape index (κ1) is 18.0. The molecule has 0 radical (unpaired) electrons. The number of fused-ring (bicyclic) bond motifs is 1. The van der Waals surface area contributed by atoms with Crippen LogP contribution in [0, 0.1) is 5.82 Å². The fraction of sp³-hybridized carbons (Fsp3) is 0.211. The van der Waals surface area contributed by atoms with E-state index < -0.39 is 5.97 Å². The highest BCUT2D eigenvalue weighted by Gasteiger charge is 2.16. The van der Waals surface area contributed by atoms with Crippen molar-refractivity contribution in [3.63, 3.8) is 0 Å². The fourth-order valence-electron chi connectivity index (χ4n) is 2.52. The molecule has 0 bridgehead atoms. The monoisotopic (exact) mass is 372 g/mol. The molecule has 3 rings (SSSR count). The number of ether oxygens (including phenoxy) is 1. The number of hydrogen-bond donors (Lipinski definition) is 0. The van der Waals surface area contributed by atoms with Crippen LogP contribution in [0.25, 0.3) is 10.2 Å². The summed E-state index contributed by atoms with van der Waals surface area (Å²) in [7, 11) is 0. The van der Waals surface area contributed by atoms with Crippen LogP contribution in [-0.2, 0) is 16.1 Å². The Bertz CT molecular complexity index is 941. The number of carbonyl (C=O) groups excluding carboxylic acids is 2. The van der Waals surface area contributed by atoms with Gasteiger partial charge in [-0.05, 0) is 42.8 Å². The van der Waals surface area contributed by atoms with E-state index in [1.54, 1.807) is 35.8 Å². The van der Waals surface area contributed by atoms with Gasteiger partial charge in [-0.15, -0.1) is 11.3 Å². The number of halogens is 1. The van der Waals surface area contributed by atoms with Crippen LogP contribution in [0.3, 0.4) is 0 Å². The Hall–Kier alpha value is -2.80. The van der Waals surface area contributed by atoms with E-state index in [1.807, 2.05) is 6.92 Å². The van der Waals surface area contributed by atoms with E-state index in [9.17, 15) is 14.0 Å². The number of rotatable bonds is 6. The summed E-state index contributed by atoms with van der Waals surface area (Å²) in [5.41, 5.74) is 3.58. The molecule has 0 saturated carbocycles. The summed E-state index contributed by atoms with van der Waals surface area (Å²) in [5.74, 6) is -1.24. The van der Waals surface area contributed by atoms with Crippen LogP contribution in [0.5, 0.6) is 0 Å². The van der Waals surface area contributed by atoms with Crippen LogP contribution in [-0.4, -0.2) is 34.9 Å². The Labute approximate surface area is 154 Å². The van der Waals surface area contributed by atoms with Gasteiger partial charge in [0.1, 0.15) is 5.82 Å². The minimum Gasteiger partial charge on any atom is -0.452 e.